The fraction of sp³-hybridized carbons (Fsp3) is 0.467. The Bertz CT molecular complexity index is 627. The number of nitro groups is 1. The molecule has 1 saturated heterocycles. The number of non-ortho nitro benzene ring substituents is 1. The van der Waals surface area contributed by atoms with Crippen LogP contribution in [0.4, 0.5) is 5.69 Å². The molecule has 1 unspecified atom stereocenters. The molecule has 0 spiro atoms. The summed E-state index contributed by atoms with van der Waals surface area (Å²) < 4.78 is 5.66. The molecule has 1 aliphatic heterocycles. The zero-order valence-electron chi connectivity index (χ0n) is 12.9. The van der Waals surface area contributed by atoms with Crippen molar-refractivity contribution in [2.45, 2.75) is 25.9 Å². The molecule has 1 heterocycles. The van der Waals surface area contributed by atoms with Gasteiger partial charge in [0.05, 0.1) is 22.7 Å². The molecule has 1 fully saturated rings. The number of ether oxygens (including phenoxy) is 1. The SMILES string of the molecule is CCC1(C)CN(C(=O)c2cc(C(=O)O)cc([N+](=O)[O-])c2)CCO1. The van der Waals surface area contributed by atoms with Crippen molar-refractivity contribution in [1.29, 1.82) is 0 Å². The van der Waals surface area contributed by atoms with E-state index in [9.17, 15) is 19.7 Å². The van der Waals surface area contributed by atoms with E-state index >= 15 is 0 Å². The molecule has 0 saturated carbocycles. The minimum Gasteiger partial charge on any atom is -0.478 e. The van der Waals surface area contributed by atoms with Gasteiger partial charge in [0.25, 0.3) is 11.6 Å². The third-order valence-electron chi connectivity index (χ3n) is 3.99. The lowest BCUT2D eigenvalue weighted by Crippen LogP contribution is -2.51. The number of carbonyl (C=O) groups is 2. The number of carbonyl (C=O) groups excluding carboxylic acids is 1. The fourth-order valence-electron chi connectivity index (χ4n) is 2.46. The normalized spacial score (nSPS) is 21.0. The van der Waals surface area contributed by atoms with Crippen molar-refractivity contribution >= 4 is 17.6 Å². The number of carboxylic acids is 1. The monoisotopic (exact) mass is 322 g/mol. The summed E-state index contributed by atoms with van der Waals surface area (Å²) in [5, 5.41) is 20.0. The Morgan fingerprint density at radius 1 is 1.39 bits per heavy atom. The number of nitrogens with zero attached hydrogens (tertiary/aromatic N) is 2. The number of morpholine rings is 1. The van der Waals surface area contributed by atoms with Crippen LogP contribution in [0.2, 0.25) is 0 Å². The smallest absolute Gasteiger partial charge is 0.335 e. The van der Waals surface area contributed by atoms with Gasteiger partial charge in [0, 0.05) is 30.8 Å². The summed E-state index contributed by atoms with van der Waals surface area (Å²) in [6, 6.07) is 3.21. The summed E-state index contributed by atoms with van der Waals surface area (Å²) in [4.78, 5) is 35.5. The molecule has 8 heteroatoms. The highest BCUT2D eigenvalue weighted by Crippen LogP contribution is 2.24. The van der Waals surface area contributed by atoms with E-state index in [0.717, 1.165) is 18.2 Å². The van der Waals surface area contributed by atoms with Crippen LogP contribution in [0, 0.1) is 10.1 Å². The van der Waals surface area contributed by atoms with E-state index in [-0.39, 0.29) is 11.1 Å². The van der Waals surface area contributed by atoms with Crippen molar-refractivity contribution < 1.29 is 24.4 Å². The van der Waals surface area contributed by atoms with Crippen LogP contribution in [0.15, 0.2) is 18.2 Å². The standard InChI is InChI=1S/C15H18N2O6/c1-3-15(2)9-16(4-5-23-15)13(18)10-6-11(14(19)20)8-12(7-10)17(21)22/h6-8H,3-5,9H2,1-2H3,(H,19,20). The maximum absolute atomic E-state index is 12.6. The molecule has 1 aliphatic rings. The molecule has 1 atom stereocenters. The minimum atomic E-state index is -1.32. The van der Waals surface area contributed by atoms with Crippen LogP contribution in [0.3, 0.4) is 0 Å². The first-order chi connectivity index (χ1) is 10.8. The summed E-state index contributed by atoms with van der Waals surface area (Å²) in [6.45, 7) is 4.93. The lowest BCUT2D eigenvalue weighted by atomic mass is 10.00. The summed E-state index contributed by atoms with van der Waals surface area (Å²) in [6.07, 6.45) is 0.714. The van der Waals surface area contributed by atoms with Crippen molar-refractivity contribution in [2.75, 3.05) is 19.7 Å². The molecule has 1 amide bonds. The third-order valence-corrected chi connectivity index (χ3v) is 3.99. The minimum absolute atomic E-state index is 0.00282. The van der Waals surface area contributed by atoms with Gasteiger partial charge in [-0.15, -0.1) is 0 Å². The first kappa shape index (κ1) is 16.9. The molecule has 2 rings (SSSR count). The molecule has 0 bridgehead atoms. The largest absolute Gasteiger partial charge is 0.478 e. The third kappa shape index (κ3) is 3.65. The van der Waals surface area contributed by atoms with Gasteiger partial charge in [-0.2, -0.15) is 0 Å². The van der Waals surface area contributed by atoms with E-state index in [4.69, 9.17) is 9.84 Å². The quantitative estimate of drug-likeness (QED) is 0.670. The summed E-state index contributed by atoms with van der Waals surface area (Å²) in [5.74, 6) is -1.75. The Morgan fingerprint density at radius 2 is 2.04 bits per heavy atom. The Morgan fingerprint density at radius 3 is 2.61 bits per heavy atom. The number of rotatable bonds is 4. The van der Waals surface area contributed by atoms with Crippen LogP contribution in [0.1, 0.15) is 41.0 Å². The highest BCUT2D eigenvalue weighted by atomic mass is 16.6. The molecule has 1 aromatic rings. The highest BCUT2D eigenvalue weighted by molar-refractivity contribution is 5.98. The molecule has 0 radical (unpaired) electrons. The predicted molar refractivity (Wildman–Crippen MR) is 80.6 cm³/mol. The second kappa shape index (κ2) is 6.33. The first-order valence-corrected chi connectivity index (χ1v) is 7.22. The van der Waals surface area contributed by atoms with Gasteiger partial charge in [0.15, 0.2) is 0 Å². The number of amides is 1. The van der Waals surface area contributed by atoms with Crippen LogP contribution in [-0.2, 0) is 4.74 Å². The molecule has 0 aromatic heterocycles. The van der Waals surface area contributed by atoms with Crippen LogP contribution in [-0.4, -0.2) is 52.1 Å². The average Bonchev–Trinajstić information content (AvgIpc) is 2.53. The Kier molecular flexibility index (Phi) is 4.65. The number of nitro benzene ring substituents is 1. The molecule has 0 aliphatic carbocycles. The molecule has 1 N–H and O–H groups in total. The molecular formula is C15H18N2O6. The van der Waals surface area contributed by atoms with E-state index in [0.29, 0.717) is 26.1 Å². The number of hydrogen-bond donors (Lipinski definition) is 1. The van der Waals surface area contributed by atoms with Crippen LogP contribution >= 0.6 is 0 Å². The van der Waals surface area contributed by atoms with Crippen molar-refractivity contribution in [3.63, 3.8) is 0 Å². The van der Waals surface area contributed by atoms with Gasteiger partial charge in [-0.25, -0.2) is 4.79 Å². The van der Waals surface area contributed by atoms with E-state index < -0.39 is 28.1 Å². The number of hydrogen-bond acceptors (Lipinski definition) is 5. The lowest BCUT2D eigenvalue weighted by molar-refractivity contribution is -0.384. The summed E-state index contributed by atoms with van der Waals surface area (Å²) in [5.41, 5.74) is -1.17. The van der Waals surface area contributed by atoms with Gasteiger partial charge < -0.3 is 14.7 Å². The predicted octanol–water partition coefficient (Wildman–Crippen LogP) is 1.93. The fourth-order valence-corrected chi connectivity index (χ4v) is 2.46. The van der Waals surface area contributed by atoms with Crippen molar-refractivity contribution in [2.24, 2.45) is 0 Å². The topological polar surface area (TPSA) is 110 Å². The number of aromatic carboxylic acids is 1. The average molecular weight is 322 g/mol. The van der Waals surface area contributed by atoms with Crippen LogP contribution in [0.25, 0.3) is 0 Å². The maximum Gasteiger partial charge on any atom is 0.335 e. The van der Waals surface area contributed by atoms with E-state index in [1.807, 2.05) is 13.8 Å². The van der Waals surface area contributed by atoms with E-state index in [1.165, 1.54) is 4.90 Å². The highest BCUT2D eigenvalue weighted by Gasteiger charge is 2.33. The van der Waals surface area contributed by atoms with Crippen LogP contribution < -0.4 is 0 Å². The summed E-state index contributed by atoms with van der Waals surface area (Å²) >= 11 is 0. The molecule has 1 aromatic carbocycles. The first-order valence-electron chi connectivity index (χ1n) is 7.22. The van der Waals surface area contributed by atoms with E-state index in [1.54, 1.807) is 0 Å². The number of benzene rings is 1. The Balaban J connectivity index is 2.35. The van der Waals surface area contributed by atoms with Gasteiger partial charge in [-0.3, -0.25) is 14.9 Å². The Labute approximate surface area is 132 Å². The van der Waals surface area contributed by atoms with Gasteiger partial charge in [0.2, 0.25) is 0 Å². The second-order valence-corrected chi connectivity index (χ2v) is 5.71. The van der Waals surface area contributed by atoms with Crippen molar-refractivity contribution in [3.05, 3.63) is 39.4 Å². The van der Waals surface area contributed by atoms with Gasteiger partial charge in [0.1, 0.15) is 0 Å². The van der Waals surface area contributed by atoms with Crippen LogP contribution in [0.5, 0.6) is 0 Å². The van der Waals surface area contributed by atoms with Gasteiger partial charge >= 0.3 is 5.97 Å². The van der Waals surface area contributed by atoms with Gasteiger partial charge in [-0.05, 0) is 19.4 Å². The van der Waals surface area contributed by atoms with E-state index in [2.05, 4.69) is 0 Å². The zero-order chi connectivity index (χ0) is 17.2. The summed E-state index contributed by atoms with van der Waals surface area (Å²) in [7, 11) is 0. The number of carboxylic acid groups (broad SMARTS) is 1. The lowest BCUT2D eigenvalue weighted by Gasteiger charge is -2.40. The maximum atomic E-state index is 12.6. The molecule has 8 nitrogen and oxygen atoms in total. The zero-order valence-corrected chi connectivity index (χ0v) is 12.9. The Hall–Kier alpha value is -2.48. The van der Waals surface area contributed by atoms with Crippen molar-refractivity contribution in [3.8, 4) is 0 Å². The molecular weight excluding hydrogens is 304 g/mol. The second-order valence-electron chi connectivity index (χ2n) is 5.71. The molecule has 23 heavy (non-hydrogen) atoms. The van der Waals surface area contributed by atoms with Gasteiger partial charge in [-0.1, -0.05) is 6.92 Å². The van der Waals surface area contributed by atoms with Crippen molar-refractivity contribution in [1.82, 2.24) is 4.90 Å². The molecule has 124 valence electrons.